The number of halogens is 1. The molecule has 9 heteroatoms. The molecule has 2 heterocycles. The summed E-state index contributed by atoms with van der Waals surface area (Å²) in [5.41, 5.74) is 1.11. The Labute approximate surface area is 139 Å². The predicted molar refractivity (Wildman–Crippen MR) is 88.5 cm³/mol. The van der Waals surface area contributed by atoms with Crippen LogP contribution in [0.2, 0.25) is 5.02 Å². The molecule has 0 amide bonds. The van der Waals surface area contributed by atoms with Crippen molar-refractivity contribution in [2.45, 2.75) is 5.03 Å². The van der Waals surface area contributed by atoms with E-state index in [4.69, 9.17) is 16.3 Å². The molecule has 124 valence electrons. The maximum Gasteiger partial charge on any atom is 0.279 e. The van der Waals surface area contributed by atoms with E-state index in [0.717, 1.165) is 0 Å². The van der Waals surface area contributed by atoms with Gasteiger partial charge in [0.2, 0.25) is 0 Å². The van der Waals surface area contributed by atoms with Crippen molar-refractivity contribution in [3.63, 3.8) is 0 Å². The Morgan fingerprint density at radius 2 is 2.00 bits per heavy atom. The number of anilines is 2. The van der Waals surface area contributed by atoms with Gasteiger partial charge in [0.15, 0.2) is 5.03 Å². The Morgan fingerprint density at radius 1 is 1.26 bits per heavy atom. The van der Waals surface area contributed by atoms with E-state index in [0.29, 0.717) is 42.7 Å². The molecule has 0 unspecified atom stereocenters. The molecule has 0 saturated carbocycles. The van der Waals surface area contributed by atoms with Crippen LogP contribution in [0.5, 0.6) is 0 Å². The molecule has 1 aromatic carbocycles. The summed E-state index contributed by atoms with van der Waals surface area (Å²) in [6.07, 6.45) is 1.44. The fourth-order valence-corrected chi connectivity index (χ4v) is 4.02. The Balaban J connectivity index is 1.97. The average molecular weight is 357 g/mol. The maximum atomic E-state index is 12.6. The largest absolute Gasteiger partial charge is 0.378 e. The molecule has 23 heavy (non-hydrogen) atoms. The average Bonchev–Trinajstić information content (AvgIpc) is 2.95. The number of rotatable bonds is 4. The standard InChI is InChI=1S/C14H17ClN4O3S/c1-18-13(5-6-16-18)23(20,21)17-12-4-2-3-11(15)14(12)19-7-9-22-10-8-19/h2-6,17H,7-10H2,1H3. The number of nitrogens with one attached hydrogen (secondary N) is 1. The van der Waals surface area contributed by atoms with E-state index in [1.54, 1.807) is 25.2 Å². The van der Waals surface area contributed by atoms with Gasteiger partial charge < -0.3 is 9.64 Å². The SMILES string of the molecule is Cn1nccc1S(=O)(=O)Nc1cccc(Cl)c1N1CCOCC1. The molecule has 0 bridgehead atoms. The third-order valence-electron chi connectivity index (χ3n) is 3.61. The molecule has 7 nitrogen and oxygen atoms in total. The Morgan fingerprint density at radius 3 is 2.65 bits per heavy atom. The van der Waals surface area contributed by atoms with Gasteiger partial charge in [0.1, 0.15) is 0 Å². The van der Waals surface area contributed by atoms with Crippen molar-refractivity contribution in [3.8, 4) is 0 Å². The van der Waals surface area contributed by atoms with Crippen LogP contribution in [0.1, 0.15) is 0 Å². The lowest BCUT2D eigenvalue weighted by Crippen LogP contribution is -2.37. The van der Waals surface area contributed by atoms with Gasteiger partial charge in [-0.2, -0.15) is 13.5 Å². The van der Waals surface area contributed by atoms with Crippen LogP contribution in [0.3, 0.4) is 0 Å². The van der Waals surface area contributed by atoms with Gasteiger partial charge in [0.25, 0.3) is 10.0 Å². The van der Waals surface area contributed by atoms with E-state index < -0.39 is 10.0 Å². The minimum absolute atomic E-state index is 0.0883. The number of ether oxygens (including phenoxy) is 1. The first-order valence-electron chi connectivity index (χ1n) is 7.11. The molecule has 1 aliphatic heterocycles. The van der Waals surface area contributed by atoms with Gasteiger partial charge in [-0.3, -0.25) is 9.40 Å². The van der Waals surface area contributed by atoms with Gasteiger partial charge in [-0.1, -0.05) is 17.7 Å². The molecule has 0 radical (unpaired) electrons. The lowest BCUT2D eigenvalue weighted by Gasteiger charge is -2.31. The molecule has 3 rings (SSSR count). The molecule has 1 aliphatic rings. The number of hydrogen-bond acceptors (Lipinski definition) is 5. The first-order chi connectivity index (χ1) is 11.0. The van der Waals surface area contributed by atoms with Crippen LogP contribution in [0.4, 0.5) is 11.4 Å². The maximum absolute atomic E-state index is 12.6. The highest BCUT2D eigenvalue weighted by molar-refractivity contribution is 7.92. The molecule has 1 fully saturated rings. The molecular formula is C14H17ClN4O3S. The van der Waals surface area contributed by atoms with Crippen LogP contribution in [0, 0.1) is 0 Å². The molecule has 0 aliphatic carbocycles. The van der Waals surface area contributed by atoms with Crippen LogP contribution in [-0.2, 0) is 21.8 Å². The van der Waals surface area contributed by atoms with Gasteiger partial charge in [-0.15, -0.1) is 0 Å². The molecule has 0 spiro atoms. The van der Waals surface area contributed by atoms with Crippen molar-refractivity contribution in [1.82, 2.24) is 9.78 Å². The summed E-state index contributed by atoms with van der Waals surface area (Å²) in [5, 5.41) is 4.48. The number of benzene rings is 1. The first kappa shape index (κ1) is 16.1. The Kier molecular flexibility index (Phi) is 4.47. The van der Waals surface area contributed by atoms with Crippen molar-refractivity contribution in [3.05, 3.63) is 35.5 Å². The number of morpholine rings is 1. The zero-order valence-electron chi connectivity index (χ0n) is 12.6. The van der Waals surface area contributed by atoms with E-state index in [9.17, 15) is 8.42 Å². The Bertz CT molecular complexity index is 800. The second-order valence-electron chi connectivity index (χ2n) is 5.13. The number of sulfonamides is 1. The van der Waals surface area contributed by atoms with Gasteiger partial charge in [0, 0.05) is 20.1 Å². The van der Waals surface area contributed by atoms with Crippen molar-refractivity contribution >= 4 is 33.0 Å². The van der Waals surface area contributed by atoms with Crippen molar-refractivity contribution in [2.24, 2.45) is 7.05 Å². The van der Waals surface area contributed by atoms with E-state index in [1.807, 2.05) is 4.90 Å². The third-order valence-corrected chi connectivity index (χ3v) is 5.35. The minimum Gasteiger partial charge on any atom is -0.378 e. The zero-order chi connectivity index (χ0) is 16.4. The van der Waals surface area contributed by atoms with Crippen LogP contribution in [-0.4, -0.2) is 44.5 Å². The third kappa shape index (κ3) is 3.29. The van der Waals surface area contributed by atoms with Crippen molar-refractivity contribution < 1.29 is 13.2 Å². The van der Waals surface area contributed by atoms with Gasteiger partial charge in [0.05, 0.1) is 35.8 Å². The van der Waals surface area contributed by atoms with Crippen LogP contribution >= 0.6 is 11.6 Å². The monoisotopic (exact) mass is 356 g/mol. The van der Waals surface area contributed by atoms with Crippen molar-refractivity contribution in [2.75, 3.05) is 35.9 Å². The number of aromatic nitrogens is 2. The van der Waals surface area contributed by atoms with E-state index >= 15 is 0 Å². The lowest BCUT2D eigenvalue weighted by molar-refractivity contribution is 0.123. The highest BCUT2D eigenvalue weighted by Crippen LogP contribution is 2.35. The fourth-order valence-electron chi connectivity index (χ4n) is 2.53. The fraction of sp³-hybridized carbons (Fsp3) is 0.357. The molecule has 0 atom stereocenters. The molecule has 1 saturated heterocycles. The predicted octanol–water partition coefficient (Wildman–Crippen LogP) is 1.71. The summed E-state index contributed by atoms with van der Waals surface area (Å²) in [5.74, 6) is 0. The van der Waals surface area contributed by atoms with Gasteiger partial charge in [-0.05, 0) is 18.2 Å². The summed E-state index contributed by atoms with van der Waals surface area (Å²) < 4.78 is 34.4. The summed E-state index contributed by atoms with van der Waals surface area (Å²) >= 11 is 6.31. The zero-order valence-corrected chi connectivity index (χ0v) is 14.1. The summed E-state index contributed by atoms with van der Waals surface area (Å²) in [6.45, 7) is 2.48. The molecule has 1 N–H and O–H groups in total. The summed E-state index contributed by atoms with van der Waals surface area (Å²) in [4.78, 5) is 2.02. The van der Waals surface area contributed by atoms with Crippen LogP contribution < -0.4 is 9.62 Å². The van der Waals surface area contributed by atoms with E-state index in [1.165, 1.54) is 16.9 Å². The quantitative estimate of drug-likeness (QED) is 0.902. The smallest absolute Gasteiger partial charge is 0.279 e. The molecular weight excluding hydrogens is 340 g/mol. The number of hydrogen-bond donors (Lipinski definition) is 1. The van der Waals surface area contributed by atoms with Crippen LogP contribution in [0.25, 0.3) is 0 Å². The molecule has 1 aromatic heterocycles. The second kappa shape index (κ2) is 6.38. The normalized spacial score (nSPS) is 15.7. The van der Waals surface area contributed by atoms with Crippen molar-refractivity contribution in [1.29, 1.82) is 0 Å². The Hall–Kier alpha value is -1.77. The van der Waals surface area contributed by atoms with Gasteiger partial charge in [-0.25, -0.2) is 0 Å². The first-order valence-corrected chi connectivity index (χ1v) is 8.97. The summed E-state index contributed by atoms with van der Waals surface area (Å²) in [7, 11) is -2.17. The number of aryl methyl sites for hydroxylation is 1. The minimum atomic E-state index is -3.74. The van der Waals surface area contributed by atoms with E-state index in [2.05, 4.69) is 9.82 Å². The summed E-state index contributed by atoms with van der Waals surface area (Å²) in [6, 6.07) is 6.60. The number of para-hydroxylation sites is 1. The highest BCUT2D eigenvalue weighted by Gasteiger charge is 2.23. The van der Waals surface area contributed by atoms with E-state index in [-0.39, 0.29) is 5.03 Å². The lowest BCUT2D eigenvalue weighted by atomic mass is 10.2. The highest BCUT2D eigenvalue weighted by atomic mass is 35.5. The molecule has 2 aromatic rings. The van der Waals surface area contributed by atoms with Crippen LogP contribution in [0.15, 0.2) is 35.5 Å². The topological polar surface area (TPSA) is 76.5 Å². The second-order valence-corrected chi connectivity index (χ2v) is 7.17. The van der Waals surface area contributed by atoms with Gasteiger partial charge >= 0.3 is 0 Å². The number of nitrogens with zero attached hydrogens (tertiary/aromatic N) is 3.